The molecule has 1 atom stereocenters. The van der Waals surface area contributed by atoms with Crippen LogP contribution in [0.5, 0.6) is 0 Å². The molecule has 0 saturated heterocycles. The van der Waals surface area contributed by atoms with Crippen LogP contribution in [0.1, 0.15) is 41.7 Å². The third kappa shape index (κ3) is 7.30. The van der Waals surface area contributed by atoms with Gasteiger partial charge in [0.25, 0.3) is 5.91 Å². The first-order valence-electron chi connectivity index (χ1n) is 9.14. The van der Waals surface area contributed by atoms with Crippen molar-refractivity contribution >= 4 is 33.7 Å². The van der Waals surface area contributed by atoms with Gasteiger partial charge < -0.3 is 15.4 Å². The smallest absolute Gasteiger partial charge is 0.308 e. The standard InChI is InChI=1S/C21H22BrFN2O4/c1-2-29-20(27)13-18(14-6-4-3-5-7-14)25-19(26)10-11-24-21(28)16-12-15(23)8-9-17(16)22/h3-9,12,18H,2,10-11,13H2,1H3,(H,24,28)(H,25,26). The zero-order chi connectivity index (χ0) is 21.2. The topological polar surface area (TPSA) is 84.5 Å². The number of benzene rings is 2. The van der Waals surface area contributed by atoms with Crippen LogP contribution in [0.25, 0.3) is 0 Å². The van der Waals surface area contributed by atoms with Gasteiger partial charge in [0, 0.05) is 17.4 Å². The predicted molar refractivity (Wildman–Crippen MR) is 110 cm³/mol. The first kappa shape index (κ1) is 22.5. The maximum atomic E-state index is 13.3. The summed E-state index contributed by atoms with van der Waals surface area (Å²) in [5, 5.41) is 5.38. The number of rotatable bonds is 9. The molecule has 2 N–H and O–H groups in total. The zero-order valence-corrected chi connectivity index (χ0v) is 17.5. The van der Waals surface area contributed by atoms with Crippen LogP contribution in [0.15, 0.2) is 53.0 Å². The molecule has 0 aromatic heterocycles. The molecule has 2 aromatic carbocycles. The summed E-state index contributed by atoms with van der Waals surface area (Å²) < 4.78 is 18.8. The van der Waals surface area contributed by atoms with E-state index in [9.17, 15) is 18.8 Å². The molecule has 29 heavy (non-hydrogen) atoms. The van der Waals surface area contributed by atoms with Gasteiger partial charge in [0.15, 0.2) is 0 Å². The normalized spacial score (nSPS) is 11.4. The fraction of sp³-hybridized carbons (Fsp3) is 0.286. The minimum absolute atomic E-state index is 0.00480. The van der Waals surface area contributed by atoms with Gasteiger partial charge in [-0.15, -0.1) is 0 Å². The molecule has 2 amide bonds. The second-order valence-electron chi connectivity index (χ2n) is 6.17. The highest BCUT2D eigenvalue weighted by Gasteiger charge is 2.19. The Labute approximate surface area is 177 Å². The average molecular weight is 465 g/mol. The lowest BCUT2D eigenvalue weighted by Gasteiger charge is -2.18. The van der Waals surface area contributed by atoms with Crippen LogP contribution in [0.2, 0.25) is 0 Å². The highest BCUT2D eigenvalue weighted by molar-refractivity contribution is 9.10. The van der Waals surface area contributed by atoms with Gasteiger partial charge in [-0.1, -0.05) is 30.3 Å². The van der Waals surface area contributed by atoms with Crippen molar-refractivity contribution < 1.29 is 23.5 Å². The van der Waals surface area contributed by atoms with Crippen LogP contribution in [-0.2, 0) is 14.3 Å². The molecule has 2 rings (SSSR count). The van der Waals surface area contributed by atoms with Crippen LogP contribution in [-0.4, -0.2) is 30.9 Å². The van der Waals surface area contributed by atoms with Crippen molar-refractivity contribution in [1.82, 2.24) is 10.6 Å². The van der Waals surface area contributed by atoms with Crippen LogP contribution < -0.4 is 10.6 Å². The molecule has 154 valence electrons. The number of carbonyl (C=O) groups excluding carboxylic acids is 3. The van der Waals surface area contributed by atoms with Gasteiger partial charge in [-0.05, 0) is 46.6 Å². The lowest BCUT2D eigenvalue weighted by molar-refractivity contribution is -0.143. The maximum absolute atomic E-state index is 13.3. The molecule has 0 heterocycles. The summed E-state index contributed by atoms with van der Waals surface area (Å²) in [4.78, 5) is 36.3. The Morgan fingerprint density at radius 1 is 1.14 bits per heavy atom. The van der Waals surface area contributed by atoms with Crippen molar-refractivity contribution in [1.29, 1.82) is 0 Å². The van der Waals surface area contributed by atoms with Gasteiger partial charge in [0.2, 0.25) is 5.91 Å². The van der Waals surface area contributed by atoms with Gasteiger partial charge in [-0.25, -0.2) is 4.39 Å². The lowest BCUT2D eigenvalue weighted by Crippen LogP contribution is -2.34. The summed E-state index contributed by atoms with van der Waals surface area (Å²) in [6, 6.07) is 12.4. The first-order valence-corrected chi connectivity index (χ1v) is 9.93. The van der Waals surface area contributed by atoms with E-state index in [2.05, 4.69) is 26.6 Å². The van der Waals surface area contributed by atoms with Gasteiger partial charge in [-0.2, -0.15) is 0 Å². The molecular weight excluding hydrogens is 443 g/mol. The zero-order valence-electron chi connectivity index (χ0n) is 15.9. The average Bonchev–Trinajstić information content (AvgIpc) is 2.70. The minimum Gasteiger partial charge on any atom is -0.466 e. The SMILES string of the molecule is CCOC(=O)CC(NC(=O)CCNC(=O)c1cc(F)ccc1Br)c1ccccc1. The number of hydrogen-bond donors (Lipinski definition) is 2. The molecule has 0 aliphatic heterocycles. The molecule has 0 fully saturated rings. The Hall–Kier alpha value is -2.74. The highest BCUT2D eigenvalue weighted by Crippen LogP contribution is 2.18. The Morgan fingerprint density at radius 3 is 2.55 bits per heavy atom. The largest absolute Gasteiger partial charge is 0.466 e. The molecule has 0 radical (unpaired) electrons. The molecule has 0 spiro atoms. The van der Waals surface area contributed by atoms with Gasteiger partial charge in [0.1, 0.15) is 5.82 Å². The van der Waals surface area contributed by atoms with E-state index in [-0.39, 0.29) is 37.5 Å². The predicted octanol–water partition coefficient (Wildman–Crippen LogP) is 3.52. The maximum Gasteiger partial charge on any atom is 0.308 e. The fourth-order valence-corrected chi connectivity index (χ4v) is 3.07. The van der Waals surface area contributed by atoms with E-state index < -0.39 is 23.7 Å². The molecule has 8 heteroatoms. The number of ether oxygens (including phenoxy) is 1. The third-order valence-electron chi connectivity index (χ3n) is 4.02. The van der Waals surface area contributed by atoms with Gasteiger partial charge in [0.05, 0.1) is 24.6 Å². The summed E-state index contributed by atoms with van der Waals surface area (Å²) in [7, 11) is 0. The molecule has 6 nitrogen and oxygen atoms in total. The second kappa shape index (κ2) is 11.3. The van der Waals surface area contributed by atoms with Crippen LogP contribution in [0.3, 0.4) is 0 Å². The molecule has 1 unspecified atom stereocenters. The summed E-state index contributed by atoms with van der Waals surface area (Å²) in [6.07, 6.45) is 0.0109. The number of carbonyl (C=O) groups is 3. The van der Waals surface area contributed by atoms with Crippen molar-refractivity contribution in [2.24, 2.45) is 0 Å². The molecule has 0 aliphatic rings. The molecule has 0 aliphatic carbocycles. The number of nitrogens with one attached hydrogen (secondary N) is 2. The number of halogens is 2. The Balaban J connectivity index is 1.91. The van der Waals surface area contributed by atoms with E-state index in [1.165, 1.54) is 12.1 Å². The Kier molecular flexibility index (Phi) is 8.79. The van der Waals surface area contributed by atoms with E-state index in [1.807, 2.05) is 30.3 Å². The number of hydrogen-bond acceptors (Lipinski definition) is 4. The van der Waals surface area contributed by atoms with Gasteiger partial charge >= 0.3 is 5.97 Å². The van der Waals surface area contributed by atoms with Crippen molar-refractivity contribution in [3.8, 4) is 0 Å². The highest BCUT2D eigenvalue weighted by atomic mass is 79.9. The van der Waals surface area contributed by atoms with Gasteiger partial charge in [-0.3, -0.25) is 14.4 Å². The summed E-state index contributed by atoms with van der Waals surface area (Å²) in [6.45, 7) is 2.04. The number of esters is 1. The van der Waals surface area contributed by atoms with E-state index in [0.29, 0.717) is 4.47 Å². The molecule has 2 aromatic rings. The molecule has 0 bridgehead atoms. The Bertz CT molecular complexity index is 861. The van der Waals surface area contributed by atoms with E-state index in [1.54, 1.807) is 6.92 Å². The second-order valence-corrected chi connectivity index (χ2v) is 7.02. The minimum atomic E-state index is -0.532. The van der Waals surface area contributed by atoms with Crippen molar-refractivity contribution in [2.75, 3.05) is 13.2 Å². The number of amides is 2. The lowest BCUT2D eigenvalue weighted by atomic mass is 10.0. The first-order chi connectivity index (χ1) is 13.9. The Morgan fingerprint density at radius 2 is 1.86 bits per heavy atom. The van der Waals surface area contributed by atoms with E-state index in [0.717, 1.165) is 11.6 Å². The summed E-state index contributed by atoms with van der Waals surface area (Å²) >= 11 is 3.20. The van der Waals surface area contributed by atoms with Crippen LogP contribution in [0.4, 0.5) is 4.39 Å². The molecule has 0 saturated carbocycles. The van der Waals surface area contributed by atoms with E-state index in [4.69, 9.17) is 4.74 Å². The monoisotopic (exact) mass is 464 g/mol. The van der Waals surface area contributed by atoms with Crippen LogP contribution in [0, 0.1) is 5.82 Å². The van der Waals surface area contributed by atoms with Crippen molar-refractivity contribution in [3.05, 3.63) is 69.9 Å². The quantitative estimate of drug-likeness (QED) is 0.556. The third-order valence-corrected chi connectivity index (χ3v) is 4.72. The van der Waals surface area contributed by atoms with Crippen molar-refractivity contribution in [3.63, 3.8) is 0 Å². The van der Waals surface area contributed by atoms with E-state index >= 15 is 0 Å². The molecular formula is C21H22BrFN2O4. The van der Waals surface area contributed by atoms with Crippen LogP contribution >= 0.6 is 15.9 Å². The van der Waals surface area contributed by atoms with Crippen molar-refractivity contribution in [2.45, 2.75) is 25.8 Å². The summed E-state index contributed by atoms with van der Waals surface area (Å²) in [5.41, 5.74) is 0.927. The fourth-order valence-electron chi connectivity index (χ4n) is 2.65. The summed E-state index contributed by atoms with van der Waals surface area (Å²) in [5.74, 6) is -1.76.